The van der Waals surface area contributed by atoms with Gasteiger partial charge in [0.1, 0.15) is 0 Å². The van der Waals surface area contributed by atoms with Crippen molar-refractivity contribution in [2.24, 2.45) is 0 Å². The average molecular weight is 169 g/mol. The van der Waals surface area contributed by atoms with Crippen molar-refractivity contribution in [3.63, 3.8) is 0 Å². The van der Waals surface area contributed by atoms with E-state index in [-0.39, 0.29) is 17.3 Å². The maximum Gasteiger partial charge on any atom is 0.315 e. The largest absolute Gasteiger partial charge is 0.343 e. The van der Waals surface area contributed by atoms with Crippen molar-refractivity contribution in [1.82, 2.24) is 15.5 Å². The summed E-state index contributed by atoms with van der Waals surface area (Å²) in [7, 11) is 0. The zero-order chi connectivity index (χ0) is 9.19. The van der Waals surface area contributed by atoms with E-state index in [2.05, 4.69) is 20.0 Å². The molecule has 12 heavy (non-hydrogen) atoms. The Labute approximate surface area is 70.2 Å². The first-order valence-electron chi connectivity index (χ1n) is 3.58. The van der Waals surface area contributed by atoms with Crippen molar-refractivity contribution in [3.05, 3.63) is 12.2 Å². The Morgan fingerprint density at radius 1 is 1.58 bits per heavy atom. The van der Waals surface area contributed by atoms with Crippen molar-refractivity contribution in [3.8, 4) is 0 Å². The minimum atomic E-state index is -0.347. The molecule has 0 fully saturated rings. The number of hydrogen-bond donors (Lipinski definition) is 1. The van der Waals surface area contributed by atoms with Crippen LogP contribution in [-0.4, -0.2) is 21.6 Å². The molecule has 1 amide bonds. The van der Waals surface area contributed by atoms with Crippen molar-refractivity contribution < 1.29 is 9.32 Å². The molecular weight excluding hydrogens is 158 g/mol. The van der Waals surface area contributed by atoms with E-state index in [0.717, 1.165) is 0 Å². The first-order chi connectivity index (χ1) is 5.49. The highest BCUT2D eigenvalue weighted by Crippen LogP contribution is 2.00. The van der Waals surface area contributed by atoms with E-state index in [9.17, 15) is 4.79 Å². The van der Waals surface area contributed by atoms with Gasteiger partial charge in [0.15, 0.2) is 6.33 Å². The molecule has 0 spiro atoms. The fraction of sp³-hybridized carbons (Fsp3) is 0.571. The second kappa shape index (κ2) is 2.92. The number of carbonyl (C=O) groups excluding carboxylic acids is 1. The molecule has 0 unspecified atom stereocenters. The summed E-state index contributed by atoms with van der Waals surface area (Å²) in [6, 6.07) is 0. The molecule has 0 aliphatic rings. The second-order valence-corrected chi connectivity index (χ2v) is 3.45. The van der Waals surface area contributed by atoms with E-state index in [0.29, 0.717) is 0 Å². The lowest BCUT2D eigenvalue weighted by Gasteiger charge is -2.18. The molecule has 0 radical (unpaired) electrons. The zero-order valence-corrected chi connectivity index (χ0v) is 7.29. The van der Waals surface area contributed by atoms with Crippen LogP contribution in [0.4, 0.5) is 0 Å². The van der Waals surface area contributed by atoms with Crippen LogP contribution in [0.1, 0.15) is 31.5 Å². The molecule has 0 aromatic carbocycles. The van der Waals surface area contributed by atoms with Gasteiger partial charge in [-0.3, -0.25) is 4.79 Å². The number of hydrogen-bond acceptors (Lipinski definition) is 4. The summed E-state index contributed by atoms with van der Waals surface area (Å²) in [6.07, 6.45) is 1.19. The van der Waals surface area contributed by atoms with E-state index >= 15 is 0 Å². The van der Waals surface area contributed by atoms with Gasteiger partial charge >= 0.3 is 11.8 Å². The maximum atomic E-state index is 11.2. The van der Waals surface area contributed by atoms with Gasteiger partial charge < -0.3 is 9.84 Å². The van der Waals surface area contributed by atoms with Crippen molar-refractivity contribution >= 4 is 5.91 Å². The van der Waals surface area contributed by atoms with Gasteiger partial charge in [0.05, 0.1) is 0 Å². The molecule has 5 nitrogen and oxygen atoms in total. The molecule has 0 aliphatic heterocycles. The highest BCUT2D eigenvalue weighted by atomic mass is 16.5. The number of aromatic nitrogens is 2. The van der Waals surface area contributed by atoms with Crippen LogP contribution in [0.2, 0.25) is 0 Å². The third kappa shape index (κ3) is 2.34. The molecule has 66 valence electrons. The van der Waals surface area contributed by atoms with Gasteiger partial charge in [-0.2, -0.15) is 4.98 Å². The Kier molecular flexibility index (Phi) is 2.12. The number of nitrogens with zero attached hydrogens (tertiary/aromatic N) is 2. The van der Waals surface area contributed by atoms with E-state index in [4.69, 9.17) is 0 Å². The molecule has 0 saturated heterocycles. The van der Waals surface area contributed by atoms with Crippen LogP contribution >= 0.6 is 0 Å². The standard InChI is InChI=1S/C7H11N3O2/c1-7(2,3)10-5(11)6-8-4-9-12-6/h4H,1-3H3,(H,10,11). The Bertz CT molecular complexity index is 261. The van der Waals surface area contributed by atoms with E-state index in [1.54, 1.807) is 0 Å². The Balaban J connectivity index is 2.63. The lowest BCUT2D eigenvalue weighted by molar-refractivity contribution is 0.0874. The van der Waals surface area contributed by atoms with Gasteiger partial charge in [-0.05, 0) is 20.8 Å². The van der Waals surface area contributed by atoms with Crippen molar-refractivity contribution in [2.75, 3.05) is 0 Å². The third-order valence-corrected chi connectivity index (χ3v) is 1.04. The molecule has 5 heteroatoms. The van der Waals surface area contributed by atoms with Gasteiger partial charge in [-0.15, -0.1) is 0 Å². The fourth-order valence-electron chi connectivity index (χ4n) is 0.667. The number of rotatable bonds is 1. The minimum absolute atomic E-state index is 0.00933. The quantitative estimate of drug-likeness (QED) is 0.668. The summed E-state index contributed by atoms with van der Waals surface area (Å²) < 4.78 is 4.57. The maximum absolute atomic E-state index is 11.2. The van der Waals surface area contributed by atoms with Crippen LogP contribution in [0.3, 0.4) is 0 Å². The SMILES string of the molecule is CC(C)(C)NC(=O)c1ncno1. The molecule has 0 atom stereocenters. The van der Waals surface area contributed by atoms with Gasteiger partial charge in [0.25, 0.3) is 0 Å². The molecule has 1 N–H and O–H groups in total. The van der Waals surface area contributed by atoms with Crippen LogP contribution in [-0.2, 0) is 0 Å². The Morgan fingerprint density at radius 2 is 2.25 bits per heavy atom. The summed E-state index contributed by atoms with van der Waals surface area (Å²) in [5, 5.41) is 6.01. The van der Waals surface area contributed by atoms with Gasteiger partial charge in [0, 0.05) is 5.54 Å². The van der Waals surface area contributed by atoms with E-state index in [1.807, 2.05) is 20.8 Å². The predicted octanol–water partition coefficient (Wildman–Crippen LogP) is 0.598. The van der Waals surface area contributed by atoms with Gasteiger partial charge in [-0.1, -0.05) is 5.16 Å². The number of nitrogens with one attached hydrogen (secondary N) is 1. The molecule has 0 aliphatic carbocycles. The van der Waals surface area contributed by atoms with Crippen LogP contribution in [0.5, 0.6) is 0 Å². The van der Waals surface area contributed by atoms with Gasteiger partial charge in [0.2, 0.25) is 0 Å². The van der Waals surface area contributed by atoms with Crippen LogP contribution in [0.25, 0.3) is 0 Å². The minimum Gasteiger partial charge on any atom is -0.343 e. The second-order valence-electron chi connectivity index (χ2n) is 3.45. The summed E-state index contributed by atoms with van der Waals surface area (Å²) in [6.45, 7) is 5.63. The predicted molar refractivity (Wildman–Crippen MR) is 41.5 cm³/mol. The molecule has 1 aromatic rings. The first kappa shape index (κ1) is 8.70. The van der Waals surface area contributed by atoms with Crippen molar-refractivity contribution in [2.45, 2.75) is 26.3 Å². The summed E-state index contributed by atoms with van der Waals surface area (Å²) in [4.78, 5) is 14.8. The molecule has 1 rings (SSSR count). The summed E-state index contributed by atoms with van der Waals surface area (Å²) >= 11 is 0. The van der Waals surface area contributed by atoms with Crippen LogP contribution < -0.4 is 5.32 Å². The zero-order valence-electron chi connectivity index (χ0n) is 7.29. The Morgan fingerprint density at radius 3 is 2.67 bits per heavy atom. The lowest BCUT2D eigenvalue weighted by atomic mass is 10.1. The normalized spacial score (nSPS) is 11.2. The summed E-state index contributed by atoms with van der Waals surface area (Å²) in [5.41, 5.74) is -0.286. The van der Waals surface area contributed by atoms with Crippen LogP contribution in [0, 0.1) is 0 Å². The molecule has 0 bridgehead atoms. The monoisotopic (exact) mass is 169 g/mol. The molecule has 0 saturated carbocycles. The number of amides is 1. The Hall–Kier alpha value is -1.39. The van der Waals surface area contributed by atoms with E-state index in [1.165, 1.54) is 6.33 Å². The van der Waals surface area contributed by atoms with Crippen LogP contribution in [0.15, 0.2) is 10.9 Å². The first-order valence-corrected chi connectivity index (χ1v) is 3.58. The molecule has 1 aromatic heterocycles. The molecular formula is C7H11N3O2. The van der Waals surface area contributed by atoms with E-state index < -0.39 is 0 Å². The highest BCUT2D eigenvalue weighted by molar-refractivity contribution is 5.89. The number of carbonyl (C=O) groups is 1. The van der Waals surface area contributed by atoms with Crippen molar-refractivity contribution in [1.29, 1.82) is 0 Å². The lowest BCUT2D eigenvalue weighted by Crippen LogP contribution is -2.40. The smallest absolute Gasteiger partial charge is 0.315 e. The highest BCUT2D eigenvalue weighted by Gasteiger charge is 2.18. The average Bonchev–Trinajstić information content (AvgIpc) is 2.32. The summed E-state index contributed by atoms with van der Waals surface area (Å²) in [5.74, 6) is -0.357. The molecule has 1 heterocycles. The fourth-order valence-corrected chi connectivity index (χ4v) is 0.667. The van der Waals surface area contributed by atoms with Gasteiger partial charge in [-0.25, -0.2) is 0 Å². The topological polar surface area (TPSA) is 68.0 Å². The third-order valence-electron chi connectivity index (χ3n) is 1.04.